The molecule has 0 saturated heterocycles. The van der Waals surface area contributed by atoms with Crippen LogP contribution in [0.4, 0.5) is 0 Å². The number of carbonyl (C=O) groups excluding carboxylic acids is 1. The molecule has 0 amide bonds. The molecule has 2 aromatic rings. The predicted molar refractivity (Wildman–Crippen MR) is 77.6 cm³/mol. The number of esters is 1. The molecule has 20 heavy (non-hydrogen) atoms. The first-order chi connectivity index (χ1) is 9.60. The molecule has 102 valence electrons. The molecule has 4 nitrogen and oxygen atoms in total. The summed E-state index contributed by atoms with van der Waals surface area (Å²) in [6.45, 7) is 0. The first-order valence-corrected chi connectivity index (χ1v) is 6.18. The summed E-state index contributed by atoms with van der Waals surface area (Å²) >= 11 is 6.00. The SMILES string of the molecule is COC(=O)c1cncc(C=Cc2ccc(O)cc2Cl)c1. The highest BCUT2D eigenvalue weighted by atomic mass is 35.5. The molecule has 1 aromatic heterocycles. The summed E-state index contributed by atoms with van der Waals surface area (Å²) in [6.07, 6.45) is 6.62. The molecule has 0 aliphatic rings. The number of rotatable bonds is 3. The van der Waals surface area contributed by atoms with E-state index >= 15 is 0 Å². The fourth-order valence-electron chi connectivity index (χ4n) is 1.62. The molecule has 0 aliphatic carbocycles. The van der Waals surface area contributed by atoms with Crippen molar-refractivity contribution in [2.24, 2.45) is 0 Å². The third-order valence-corrected chi connectivity index (χ3v) is 2.95. The van der Waals surface area contributed by atoms with Crippen molar-refractivity contribution in [1.29, 1.82) is 0 Å². The van der Waals surface area contributed by atoms with Crippen molar-refractivity contribution >= 4 is 29.7 Å². The molecule has 0 atom stereocenters. The van der Waals surface area contributed by atoms with Gasteiger partial charge >= 0.3 is 5.97 Å². The Hall–Kier alpha value is -2.33. The number of nitrogens with zero attached hydrogens (tertiary/aromatic N) is 1. The van der Waals surface area contributed by atoms with Crippen LogP contribution in [0.5, 0.6) is 5.75 Å². The van der Waals surface area contributed by atoms with E-state index < -0.39 is 5.97 Å². The van der Waals surface area contributed by atoms with Crippen LogP contribution in [0.2, 0.25) is 5.02 Å². The van der Waals surface area contributed by atoms with E-state index in [1.165, 1.54) is 19.4 Å². The van der Waals surface area contributed by atoms with Crippen molar-refractivity contribution in [2.75, 3.05) is 7.11 Å². The first kappa shape index (κ1) is 14.1. The summed E-state index contributed by atoms with van der Waals surface area (Å²) in [6, 6.07) is 6.38. The third kappa shape index (κ3) is 3.36. The average molecular weight is 290 g/mol. The highest BCUT2D eigenvalue weighted by molar-refractivity contribution is 6.32. The maximum atomic E-state index is 11.4. The molecule has 5 heteroatoms. The number of carbonyl (C=O) groups is 1. The van der Waals surface area contributed by atoms with Gasteiger partial charge in [-0.25, -0.2) is 4.79 Å². The van der Waals surface area contributed by atoms with Crippen LogP contribution >= 0.6 is 11.6 Å². The van der Waals surface area contributed by atoms with Crippen molar-refractivity contribution < 1.29 is 14.6 Å². The average Bonchev–Trinajstić information content (AvgIpc) is 2.46. The number of halogens is 1. The molecule has 2 rings (SSSR count). The largest absolute Gasteiger partial charge is 0.508 e. The minimum atomic E-state index is -0.435. The number of aromatic hydroxyl groups is 1. The lowest BCUT2D eigenvalue weighted by Gasteiger charge is -2.01. The highest BCUT2D eigenvalue weighted by Gasteiger charge is 2.05. The summed E-state index contributed by atoms with van der Waals surface area (Å²) in [5, 5.41) is 9.72. The van der Waals surface area contributed by atoms with Crippen LogP contribution in [0.15, 0.2) is 36.7 Å². The molecule has 1 heterocycles. The van der Waals surface area contributed by atoms with Gasteiger partial charge in [-0.3, -0.25) is 4.98 Å². The topological polar surface area (TPSA) is 59.4 Å². The molecule has 0 spiro atoms. The minimum Gasteiger partial charge on any atom is -0.508 e. The summed E-state index contributed by atoms with van der Waals surface area (Å²) < 4.78 is 4.63. The fourth-order valence-corrected chi connectivity index (χ4v) is 1.85. The van der Waals surface area contributed by atoms with Gasteiger partial charge in [-0.05, 0) is 35.4 Å². The molecule has 1 N–H and O–H groups in total. The van der Waals surface area contributed by atoms with Crippen LogP contribution in [0.25, 0.3) is 12.2 Å². The Balaban J connectivity index is 2.25. The summed E-state index contributed by atoms with van der Waals surface area (Å²) in [5.74, 6) is -0.322. The Kier molecular flexibility index (Phi) is 4.38. The normalized spacial score (nSPS) is 10.7. The summed E-state index contributed by atoms with van der Waals surface area (Å²) in [7, 11) is 1.32. The van der Waals surface area contributed by atoms with Gasteiger partial charge in [0.1, 0.15) is 5.75 Å². The molecule has 0 aliphatic heterocycles. The maximum Gasteiger partial charge on any atom is 0.339 e. The van der Waals surface area contributed by atoms with Crippen molar-refractivity contribution in [3.8, 4) is 5.75 Å². The highest BCUT2D eigenvalue weighted by Crippen LogP contribution is 2.23. The molecule has 0 radical (unpaired) electrons. The van der Waals surface area contributed by atoms with Gasteiger partial charge in [0, 0.05) is 12.4 Å². The lowest BCUT2D eigenvalue weighted by Crippen LogP contribution is -2.01. The Bertz CT molecular complexity index is 668. The van der Waals surface area contributed by atoms with Crippen LogP contribution in [-0.4, -0.2) is 23.2 Å². The number of hydrogen-bond acceptors (Lipinski definition) is 4. The zero-order valence-electron chi connectivity index (χ0n) is 10.7. The van der Waals surface area contributed by atoms with Gasteiger partial charge in [-0.15, -0.1) is 0 Å². The second kappa shape index (κ2) is 6.21. The van der Waals surface area contributed by atoms with Crippen molar-refractivity contribution in [3.63, 3.8) is 0 Å². The molecule has 0 saturated carbocycles. The Morgan fingerprint density at radius 3 is 2.80 bits per heavy atom. The standard InChI is InChI=1S/C15H12ClNO3/c1-20-15(19)12-6-10(8-17-9-12)2-3-11-4-5-13(18)7-14(11)16/h2-9,18H,1H3. The molecule has 0 fully saturated rings. The number of hydrogen-bond donors (Lipinski definition) is 1. The molecule has 0 unspecified atom stereocenters. The van der Waals surface area contributed by atoms with E-state index in [9.17, 15) is 9.90 Å². The van der Waals surface area contributed by atoms with E-state index in [0.29, 0.717) is 10.6 Å². The molecular formula is C15H12ClNO3. The van der Waals surface area contributed by atoms with E-state index in [-0.39, 0.29) is 5.75 Å². The number of aromatic nitrogens is 1. The molecule has 1 aromatic carbocycles. The second-order valence-corrected chi connectivity index (χ2v) is 4.44. The number of pyridine rings is 1. The zero-order valence-corrected chi connectivity index (χ0v) is 11.5. The van der Waals surface area contributed by atoms with Crippen LogP contribution in [0.3, 0.4) is 0 Å². The maximum absolute atomic E-state index is 11.4. The van der Waals surface area contributed by atoms with Gasteiger partial charge in [-0.1, -0.05) is 23.8 Å². The lowest BCUT2D eigenvalue weighted by molar-refractivity contribution is 0.0600. The second-order valence-electron chi connectivity index (χ2n) is 4.04. The van der Waals surface area contributed by atoms with E-state index in [2.05, 4.69) is 9.72 Å². The smallest absolute Gasteiger partial charge is 0.339 e. The molecule has 0 bridgehead atoms. The van der Waals surface area contributed by atoms with Crippen molar-refractivity contribution in [3.05, 3.63) is 58.4 Å². The monoisotopic (exact) mass is 289 g/mol. The van der Waals surface area contributed by atoms with Gasteiger partial charge in [0.25, 0.3) is 0 Å². The van der Waals surface area contributed by atoms with E-state index in [0.717, 1.165) is 11.1 Å². The number of benzene rings is 1. The fraction of sp³-hybridized carbons (Fsp3) is 0.0667. The Labute approximate surface area is 121 Å². The van der Waals surface area contributed by atoms with Gasteiger partial charge in [0.15, 0.2) is 0 Å². The molecular weight excluding hydrogens is 278 g/mol. The minimum absolute atomic E-state index is 0.113. The van der Waals surface area contributed by atoms with Crippen molar-refractivity contribution in [2.45, 2.75) is 0 Å². The number of phenolic OH excluding ortho intramolecular Hbond substituents is 1. The lowest BCUT2D eigenvalue weighted by atomic mass is 10.1. The van der Waals surface area contributed by atoms with Crippen LogP contribution in [0, 0.1) is 0 Å². The van der Waals surface area contributed by atoms with Crippen LogP contribution < -0.4 is 0 Å². The van der Waals surface area contributed by atoms with E-state index in [1.54, 1.807) is 36.5 Å². The van der Waals surface area contributed by atoms with Gasteiger partial charge < -0.3 is 9.84 Å². The van der Waals surface area contributed by atoms with Crippen molar-refractivity contribution in [1.82, 2.24) is 4.98 Å². The van der Waals surface area contributed by atoms with Gasteiger partial charge in [0.05, 0.1) is 17.7 Å². The third-order valence-electron chi connectivity index (χ3n) is 2.62. The van der Waals surface area contributed by atoms with Gasteiger partial charge in [-0.2, -0.15) is 0 Å². The first-order valence-electron chi connectivity index (χ1n) is 5.80. The summed E-state index contributed by atoms with van der Waals surface area (Å²) in [5.41, 5.74) is 1.89. The zero-order chi connectivity index (χ0) is 14.5. The number of phenols is 1. The Morgan fingerprint density at radius 2 is 2.10 bits per heavy atom. The number of ether oxygens (including phenoxy) is 1. The quantitative estimate of drug-likeness (QED) is 0.880. The van der Waals surface area contributed by atoms with Gasteiger partial charge in [0.2, 0.25) is 0 Å². The van der Waals surface area contributed by atoms with Crippen LogP contribution in [-0.2, 0) is 4.74 Å². The summed E-state index contributed by atoms with van der Waals surface area (Å²) in [4.78, 5) is 15.4. The predicted octanol–water partition coefficient (Wildman–Crippen LogP) is 3.40. The van der Waals surface area contributed by atoms with E-state index in [1.807, 2.05) is 0 Å². The van der Waals surface area contributed by atoms with Crippen LogP contribution in [0.1, 0.15) is 21.5 Å². The Morgan fingerprint density at radius 1 is 1.30 bits per heavy atom. The number of methoxy groups -OCH3 is 1. The van der Waals surface area contributed by atoms with E-state index in [4.69, 9.17) is 11.6 Å².